The Balaban J connectivity index is 2.24. The second-order valence-corrected chi connectivity index (χ2v) is 6.55. The maximum atomic E-state index is 12.3. The summed E-state index contributed by atoms with van der Waals surface area (Å²) >= 11 is 0. The van der Waals surface area contributed by atoms with Crippen LogP contribution >= 0.6 is 0 Å². The van der Waals surface area contributed by atoms with Gasteiger partial charge < -0.3 is 9.47 Å². The Hall–Kier alpha value is -3.05. The molecule has 0 saturated carbocycles. The van der Waals surface area contributed by atoms with Crippen molar-refractivity contribution in [2.24, 2.45) is 0 Å². The number of nitriles is 1. The molecule has 7 nitrogen and oxygen atoms in total. The molecular formula is C17H16N2O5S. The lowest BCUT2D eigenvalue weighted by atomic mass is 10.2. The minimum Gasteiger partial charge on any atom is -0.493 e. The second-order valence-electron chi connectivity index (χ2n) is 4.87. The summed E-state index contributed by atoms with van der Waals surface area (Å²) in [6.07, 6.45) is 0. The summed E-state index contributed by atoms with van der Waals surface area (Å²) < 4.78 is 37.0. The zero-order valence-corrected chi connectivity index (χ0v) is 14.5. The number of ether oxygens (including phenoxy) is 2. The quantitative estimate of drug-likeness (QED) is 0.845. The topological polar surface area (TPSA) is 105 Å². The van der Waals surface area contributed by atoms with Crippen LogP contribution in [0.5, 0.6) is 11.5 Å². The number of nitrogens with zero attached hydrogens (tertiary/aromatic N) is 1. The molecule has 0 aromatic heterocycles. The average molecular weight is 360 g/mol. The Bertz CT molecular complexity index is 915. The molecule has 1 N–H and O–H groups in total. The first-order valence-corrected chi connectivity index (χ1v) is 8.77. The fourth-order valence-electron chi connectivity index (χ4n) is 2.03. The molecule has 0 fully saturated rings. The van der Waals surface area contributed by atoms with E-state index in [9.17, 15) is 13.2 Å². The van der Waals surface area contributed by atoms with Gasteiger partial charge in [0.2, 0.25) is 0 Å². The van der Waals surface area contributed by atoms with E-state index in [0.717, 1.165) is 0 Å². The van der Waals surface area contributed by atoms with Gasteiger partial charge in [0.1, 0.15) is 0 Å². The molecule has 0 aliphatic carbocycles. The monoisotopic (exact) mass is 360 g/mol. The van der Waals surface area contributed by atoms with Gasteiger partial charge in [-0.05, 0) is 49.4 Å². The second kappa shape index (κ2) is 7.68. The third-order valence-corrected chi connectivity index (χ3v) is 4.59. The van der Waals surface area contributed by atoms with Gasteiger partial charge in [-0.1, -0.05) is 0 Å². The molecule has 130 valence electrons. The molecule has 2 aromatic carbocycles. The fourth-order valence-corrected chi connectivity index (χ4v) is 3.01. The van der Waals surface area contributed by atoms with Crippen molar-refractivity contribution >= 4 is 15.9 Å². The third kappa shape index (κ3) is 4.28. The standard InChI is InChI=1S/C17H16N2O5S/c1-3-24-15-9-6-13(10-16(15)23-2)17(20)19-25(21,22)14-7-4-12(11-18)5-8-14/h4-10H,3H2,1-2H3,(H,19,20). The van der Waals surface area contributed by atoms with Gasteiger partial charge in [-0.3, -0.25) is 4.79 Å². The minimum atomic E-state index is -4.05. The SMILES string of the molecule is CCOc1ccc(C(=O)NS(=O)(=O)c2ccc(C#N)cc2)cc1OC. The molecule has 0 spiro atoms. The van der Waals surface area contributed by atoms with Crippen LogP contribution in [0.15, 0.2) is 47.4 Å². The molecule has 2 rings (SSSR count). The first kappa shape index (κ1) is 18.3. The molecule has 0 radical (unpaired) electrons. The summed E-state index contributed by atoms with van der Waals surface area (Å²) in [4.78, 5) is 12.1. The number of sulfonamides is 1. The molecule has 0 saturated heterocycles. The van der Waals surface area contributed by atoms with E-state index >= 15 is 0 Å². The van der Waals surface area contributed by atoms with Crippen LogP contribution in [0.4, 0.5) is 0 Å². The Morgan fingerprint density at radius 3 is 2.40 bits per heavy atom. The van der Waals surface area contributed by atoms with Crippen LogP contribution < -0.4 is 14.2 Å². The molecule has 0 bridgehead atoms. The van der Waals surface area contributed by atoms with Crippen molar-refractivity contribution in [3.63, 3.8) is 0 Å². The molecular weight excluding hydrogens is 344 g/mol. The van der Waals surface area contributed by atoms with Crippen LogP contribution in [0, 0.1) is 11.3 Å². The number of carbonyl (C=O) groups excluding carboxylic acids is 1. The molecule has 0 aliphatic heterocycles. The molecule has 1 amide bonds. The highest BCUT2D eigenvalue weighted by Gasteiger charge is 2.20. The largest absolute Gasteiger partial charge is 0.493 e. The van der Waals surface area contributed by atoms with Crippen molar-refractivity contribution in [1.29, 1.82) is 5.26 Å². The van der Waals surface area contributed by atoms with Crippen molar-refractivity contribution in [1.82, 2.24) is 4.72 Å². The van der Waals surface area contributed by atoms with Crippen LogP contribution in [0.1, 0.15) is 22.8 Å². The maximum absolute atomic E-state index is 12.3. The summed E-state index contributed by atoms with van der Waals surface area (Å²) in [5, 5.41) is 8.74. The van der Waals surface area contributed by atoms with Crippen molar-refractivity contribution in [2.45, 2.75) is 11.8 Å². The first-order chi connectivity index (χ1) is 11.9. The smallest absolute Gasteiger partial charge is 0.265 e. The van der Waals surface area contributed by atoms with Crippen LogP contribution in [0.2, 0.25) is 0 Å². The van der Waals surface area contributed by atoms with Crippen molar-refractivity contribution in [3.8, 4) is 17.6 Å². The zero-order chi connectivity index (χ0) is 18.4. The zero-order valence-electron chi connectivity index (χ0n) is 13.6. The summed E-state index contributed by atoms with van der Waals surface area (Å²) in [7, 11) is -2.63. The van der Waals surface area contributed by atoms with Crippen molar-refractivity contribution in [2.75, 3.05) is 13.7 Å². The van der Waals surface area contributed by atoms with Crippen LogP contribution in [0.25, 0.3) is 0 Å². The lowest BCUT2D eigenvalue weighted by Gasteiger charge is -2.11. The Morgan fingerprint density at radius 2 is 1.84 bits per heavy atom. The van der Waals surface area contributed by atoms with E-state index in [1.807, 2.05) is 17.7 Å². The molecule has 8 heteroatoms. The van der Waals surface area contributed by atoms with Gasteiger partial charge >= 0.3 is 0 Å². The number of methoxy groups -OCH3 is 1. The maximum Gasteiger partial charge on any atom is 0.265 e. The summed E-state index contributed by atoms with van der Waals surface area (Å²) in [6.45, 7) is 2.24. The van der Waals surface area contributed by atoms with Gasteiger partial charge in [0.05, 0.1) is 30.2 Å². The van der Waals surface area contributed by atoms with Gasteiger partial charge in [-0.25, -0.2) is 13.1 Å². The van der Waals surface area contributed by atoms with E-state index in [1.165, 1.54) is 49.6 Å². The van der Waals surface area contributed by atoms with Crippen LogP contribution in [-0.4, -0.2) is 28.0 Å². The van der Waals surface area contributed by atoms with Crippen LogP contribution in [0.3, 0.4) is 0 Å². The molecule has 0 unspecified atom stereocenters. The Labute approximate surface area is 145 Å². The van der Waals surface area contributed by atoms with Gasteiger partial charge in [0, 0.05) is 5.56 Å². The van der Waals surface area contributed by atoms with Crippen molar-refractivity contribution in [3.05, 3.63) is 53.6 Å². The summed E-state index contributed by atoms with van der Waals surface area (Å²) in [6, 6.07) is 11.5. The predicted molar refractivity (Wildman–Crippen MR) is 90.0 cm³/mol. The van der Waals surface area contributed by atoms with E-state index in [4.69, 9.17) is 14.7 Å². The van der Waals surface area contributed by atoms with E-state index in [1.54, 1.807) is 0 Å². The fraction of sp³-hybridized carbons (Fsp3) is 0.176. The molecule has 0 aliphatic rings. The molecule has 0 heterocycles. The van der Waals surface area contributed by atoms with Gasteiger partial charge in [-0.15, -0.1) is 0 Å². The highest BCUT2D eigenvalue weighted by Crippen LogP contribution is 2.28. The number of hydrogen-bond donors (Lipinski definition) is 1. The number of rotatable bonds is 6. The Kier molecular flexibility index (Phi) is 5.62. The summed E-state index contributed by atoms with van der Waals surface area (Å²) in [5.41, 5.74) is 0.430. The number of benzene rings is 2. The van der Waals surface area contributed by atoms with Gasteiger partial charge in [0.15, 0.2) is 11.5 Å². The molecule has 25 heavy (non-hydrogen) atoms. The summed E-state index contributed by atoms with van der Waals surface area (Å²) in [5.74, 6) is -0.0209. The highest BCUT2D eigenvalue weighted by molar-refractivity contribution is 7.90. The van der Waals surface area contributed by atoms with E-state index < -0.39 is 15.9 Å². The Morgan fingerprint density at radius 1 is 1.16 bits per heavy atom. The third-order valence-electron chi connectivity index (χ3n) is 3.25. The van der Waals surface area contributed by atoms with Gasteiger partial charge in [0.25, 0.3) is 15.9 Å². The predicted octanol–water partition coefficient (Wildman–Crippen LogP) is 2.08. The molecule has 0 atom stereocenters. The number of hydrogen-bond acceptors (Lipinski definition) is 6. The van der Waals surface area contributed by atoms with Crippen molar-refractivity contribution < 1.29 is 22.7 Å². The van der Waals surface area contributed by atoms with Crippen LogP contribution in [-0.2, 0) is 10.0 Å². The highest BCUT2D eigenvalue weighted by atomic mass is 32.2. The number of carbonyl (C=O) groups is 1. The average Bonchev–Trinajstić information content (AvgIpc) is 2.62. The lowest BCUT2D eigenvalue weighted by molar-refractivity contribution is 0.0981. The normalized spacial score (nSPS) is 10.6. The lowest BCUT2D eigenvalue weighted by Crippen LogP contribution is -2.30. The van der Waals surface area contributed by atoms with E-state index in [2.05, 4.69) is 0 Å². The molecule has 2 aromatic rings. The van der Waals surface area contributed by atoms with E-state index in [-0.39, 0.29) is 10.5 Å². The first-order valence-electron chi connectivity index (χ1n) is 7.29. The van der Waals surface area contributed by atoms with E-state index in [0.29, 0.717) is 23.7 Å². The number of nitrogens with one attached hydrogen (secondary N) is 1. The number of amides is 1. The van der Waals surface area contributed by atoms with Gasteiger partial charge in [-0.2, -0.15) is 5.26 Å². The minimum absolute atomic E-state index is 0.109.